The van der Waals surface area contributed by atoms with E-state index in [9.17, 15) is 9.59 Å². The molecule has 0 saturated carbocycles. The summed E-state index contributed by atoms with van der Waals surface area (Å²) in [6.07, 6.45) is 0. The molecule has 2 aliphatic heterocycles. The average molecular weight is 396 g/mol. The lowest BCUT2D eigenvalue weighted by atomic mass is 10.2. The van der Waals surface area contributed by atoms with Crippen molar-refractivity contribution in [3.05, 3.63) is 23.2 Å². The van der Waals surface area contributed by atoms with Gasteiger partial charge in [0.1, 0.15) is 0 Å². The van der Waals surface area contributed by atoms with Crippen LogP contribution in [0.3, 0.4) is 0 Å². The molecule has 1 atom stereocenters. The van der Waals surface area contributed by atoms with Gasteiger partial charge < -0.3 is 25.6 Å². The maximum atomic E-state index is 12.7. The van der Waals surface area contributed by atoms with E-state index in [2.05, 4.69) is 10.2 Å². The number of urea groups is 1. The van der Waals surface area contributed by atoms with Crippen LogP contribution in [0.5, 0.6) is 0 Å². The Morgan fingerprint density at radius 1 is 1.15 bits per heavy atom. The molecule has 3 rings (SSSR count). The van der Waals surface area contributed by atoms with Crippen LogP contribution < -0.4 is 16.0 Å². The molecule has 2 aliphatic rings. The lowest BCUT2D eigenvalue weighted by Crippen LogP contribution is -2.55. The third-order valence-electron chi connectivity index (χ3n) is 5.12. The molecule has 0 unspecified atom stereocenters. The highest BCUT2D eigenvalue weighted by Crippen LogP contribution is 2.34. The zero-order valence-corrected chi connectivity index (χ0v) is 16.2. The highest BCUT2D eigenvalue weighted by atomic mass is 35.5. The highest BCUT2D eigenvalue weighted by Gasteiger charge is 2.27. The molecule has 0 spiro atoms. The quantitative estimate of drug-likeness (QED) is 0.799. The number of ether oxygens (including phenoxy) is 1. The molecule has 3 N–H and O–H groups in total. The second-order valence-corrected chi connectivity index (χ2v) is 7.17. The number of rotatable bonds is 4. The van der Waals surface area contributed by atoms with E-state index in [0.717, 1.165) is 18.8 Å². The molecule has 1 aromatic rings. The van der Waals surface area contributed by atoms with Crippen LogP contribution in [0.2, 0.25) is 5.02 Å². The Hall–Kier alpha value is -2.03. The molecule has 27 heavy (non-hydrogen) atoms. The maximum absolute atomic E-state index is 12.7. The van der Waals surface area contributed by atoms with Crippen molar-refractivity contribution in [2.24, 2.45) is 5.73 Å². The number of piperazine rings is 1. The lowest BCUT2D eigenvalue weighted by molar-refractivity contribution is -0.123. The monoisotopic (exact) mass is 395 g/mol. The van der Waals surface area contributed by atoms with E-state index >= 15 is 0 Å². The zero-order valence-electron chi connectivity index (χ0n) is 15.5. The van der Waals surface area contributed by atoms with Crippen LogP contribution >= 0.6 is 11.6 Å². The second-order valence-electron chi connectivity index (χ2n) is 6.77. The molecular formula is C18H26ClN5O3. The fourth-order valence-electron chi connectivity index (χ4n) is 3.41. The van der Waals surface area contributed by atoms with Gasteiger partial charge in [0.2, 0.25) is 5.91 Å². The summed E-state index contributed by atoms with van der Waals surface area (Å²) in [6, 6.07) is 5.02. The minimum Gasteiger partial charge on any atom is -0.378 e. The van der Waals surface area contributed by atoms with E-state index in [1.807, 2.05) is 23.1 Å². The SMILES string of the molecule is C[C@@H](C(N)=O)N1CCN(C(=O)Nc2cccc(Cl)c2N2CCOCC2)CC1. The summed E-state index contributed by atoms with van der Waals surface area (Å²) in [5, 5.41) is 3.60. The van der Waals surface area contributed by atoms with Crippen LogP contribution in [0.25, 0.3) is 0 Å². The minimum atomic E-state index is -0.345. The number of carbonyl (C=O) groups excluding carboxylic acids is 2. The van der Waals surface area contributed by atoms with E-state index < -0.39 is 0 Å². The number of nitrogens with one attached hydrogen (secondary N) is 1. The number of hydrogen-bond acceptors (Lipinski definition) is 5. The van der Waals surface area contributed by atoms with Crippen LogP contribution in [-0.4, -0.2) is 80.3 Å². The number of nitrogens with zero attached hydrogens (tertiary/aromatic N) is 3. The second kappa shape index (κ2) is 8.77. The number of anilines is 2. The first-order valence-corrected chi connectivity index (χ1v) is 9.55. The summed E-state index contributed by atoms with van der Waals surface area (Å²) in [4.78, 5) is 29.9. The molecule has 0 aliphatic carbocycles. The van der Waals surface area contributed by atoms with Gasteiger partial charge in [0.05, 0.1) is 35.7 Å². The van der Waals surface area contributed by atoms with Crippen LogP contribution in [0, 0.1) is 0 Å². The van der Waals surface area contributed by atoms with Crippen molar-refractivity contribution < 1.29 is 14.3 Å². The summed E-state index contributed by atoms with van der Waals surface area (Å²) in [6.45, 7) is 6.84. The Morgan fingerprint density at radius 3 is 2.44 bits per heavy atom. The van der Waals surface area contributed by atoms with Gasteiger partial charge in [0.25, 0.3) is 0 Å². The Kier molecular flexibility index (Phi) is 6.41. The normalized spacial score (nSPS) is 19.6. The van der Waals surface area contributed by atoms with Crippen molar-refractivity contribution in [3.63, 3.8) is 0 Å². The number of nitrogens with two attached hydrogens (primary N) is 1. The van der Waals surface area contributed by atoms with E-state index in [0.29, 0.717) is 50.1 Å². The summed E-state index contributed by atoms with van der Waals surface area (Å²) < 4.78 is 5.41. The number of para-hydroxylation sites is 1. The van der Waals surface area contributed by atoms with Crippen molar-refractivity contribution >= 4 is 34.9 Å². The highest BCUT2D eigenvalue weighted by molar-refractivity contribution is 6.34. The van der Waals surface area contributed by atoms with Crippen LogP contribution in [0.15, 0.2) is 18.2 Å². The van der Waals surface area contributed by atoms with E-state index in [1.165, 1.54) is 0 Å². The molecule has 9 heteroatoms. The maximum Gasteiger partial charge on any atom is 0.321 e. The van der Waals surface area contributed by atoms with Crippen LogP contribution in [0.4, 0.5) is 16.2 Å². The van der Waals surface area contributed by atoms with Gasteiger partial charge in [-0.2, -0.15) is 0 Å². The molecule has 2 fully saturated rings. The molecule has 2 saturated heterocycles. The zero-order chi connectivity index (χ0) is 19.4. The van der Waals surface area contributed by atoms with Crippen molar-refractivity contribution in [2.45, 2.75) is 13.0 Å². The fourth-order valence-corrected chi connectivity index (χ4v) is 3.71. The van der Waals surface area contributed by atoms with E-state index in [-0.39, 0.29) is 18.0 Å². The summed E-state index contributed by atoms with van der Waals surface area (Å²) in [5.74, 6) is -0.345. The minimum absolute atomic E-state index is 0.168. The third-order valence-corrected chi connectivity index (χ3v) is 5.42. The van der Waals surface area contributed by atoms with Crippen LogP contribution in [-0.2, 0) is 9.53 Å². The number of morpholine rings is 1. The van der Waals surface area contributed by atoms with Gasteiger partial charge in [0.15, 0.2) is 0 Å². The topological polar surface area (TPSA) is 91.1 Å². The molecule has 3 amide bonds. The first kappa shape index (κ1) is 19.7. The number of primary amides is 1. The van der Waals surface area contributed by atoms with E-state index in [4.69, 9.17) is 22.1 Å². The fraction of sp³-hybridized carbons (Fsp3) is 0.556. The Morgan fingerprint density at radius 2 is 1.81 bits per heavy atom. The van der Waals surface area contributed by atoms with Gasteiger partial charge >= 0.3 is 6.03 Å². The number of halogens is 1. The lowest BCUT2D eigenvalue weighted by Gasteiger charge is -2.37. The summed E-state index contributed by atoms with van der Waals surface area (Å²) >= 11 is 6.42. The number of amides is 3. The van der Waals surface area contributed by atoms with Crippen LogP contribution in [0.1, 0.15) is 6.92 Å². The van der Waals surface area contributed by atoms with Gasteiger partial charge in [-0.1, -0.05) is 17.7 Å². The molecule has 148 valence electrons. The van der Waals surface area contributed by atoms with Gasteiger partial charge in [-0.15, -0.1) is 0 Å². The first-order chi connectivity index (χ1) is 13.0. The number of carbonyl (C=O) groups is 2. The first-order valence-electron chi connectivity index (χ1n) is 9.18. The molecule has 0 aromatic heterocycles. The van der Waals surface area contributed by atoms with Gasteiger partial charge in [0, 0.05) is 39.3 Å². The molecule has 8 nitrogen and oxygen atoms in total. The van der Waals surface area contributed by atoms with Crippen molar-refractivity contribution in [2.75, 3.05) is 62.7 Å². The predicted molar refractivity (Wildman–Crippen MR) is 105 cm³/mol. The third kappa shape index (κ3) is 4.63. The summed E-state index contributed by atoms with van der Waals surface area (Å²) in [5.41, 5.74) is 6.89. The largest absolute Gasteiger partial charge is 0.378 e. The molecular weight excluding hydrogens is 370 g/mol. The van der Waals surface area contributed by atoms with Gasteiger partial charge in [-0.3, -0.25) is 9.69 Å². The summed E-state index contributed by atoms with van der Waals surface area (Å²) in [7, 11) is 0. The van der Waals surface area contributed by atoms with Crippen molar-refractivity contribution in [3.8, 4) is 0 Å². The molecule has 0 radical (unpaired) electrons. The van der Waals surface area contributed by atoms with Crippen molar-refractivity contribution in [1.29, 1.82) is 0 Å². The van der Waals surface area contributed by atoms with E-state index in [1.54, 1.807) is 11.8 Å². The van der Waals surface area contributed by atoms with Gasteiger partial charge in [-0.25, -0.2) is 4.79 Å². The molecule has 0 bridgehead atoms. The Bertz CT molecular complexity index is 688. The smallest absolute Gasteiger partial charge is 0.321 e. The number of benzene rings is 1. The standard InChI is InChI=1S/C18H26ClN5O3/c1-13(17(20)25)22-5-7-24(8-6-22)18(26)21-15-4-2-3-14(19)16(15)23-9-11-27-12-10-23/h2-4,13H,5-12H2,1H3,(H2,20,25)(H,21,26)/t13-/m0/s1. The Balaban J connectivity index is 1.65. The average Bonchev–Trinajstić information content (AvgIpc) is 2.68. The number of hydrogen-bond donors (Lipinski definition) is 2. The molecule has 1 aromatic carbocycles. The predicted octanol–water partition coefficient (Wildman–Crippen LogP) is 1.20. The van der Waals surface area contributed by atoms with Gasteiger partial charge in [-0.05, 0) is 19.1 Å². The Labute approximate surface area is 164 Å². The van der Waals surface area contributed by atoms with Crippen molar-refractivity contribution in [1.82, 2.24) is 9.80 Å². The molecule has 2 heterocycles.